The molecular formula is C24H31N3O. The van der Waals surface area contributed by atoms with Crippen LogP contribution in [0, 0.1) is 18.3 Å². The molecule has 2 aliphatic rings. The molecule has 0 bridgehead atoms. The molecule has 1 heterocycles. The molecule has 1 aromatic rings. The number of terminal acetylenes is 1. The van der Waals surface area contributed by atoms with Crippen LogP contribution in [-0.4, -0.2) is 28.9 Å². The number of amides is 1. The van der Waals surface area contributed by atoms with E-state index in [0.29, 0.717) is 11.6 Å². The summed E-state index contributed by atoms with van der Waals surface area (Å²) in [7, 11) is 1.89. The zero-order chi connectivity index (χ0) is 19.9. The molecule has 2 fully saturated rings. The fraction of sp³-hybridized carbons (Fsp3) is 0.500. The number of nitrogens with zero attached hydrogens (tertiary/aromatic N) is 2. The molecule has 1 N–H and O–H groups in total. The van der Waals surface area contributed by atoms with Crippen LogP contribution in [0.15, 0.2) is 47.9 Å². The van der Waals surface area contributed by atoms with Crippen molar-refractivity contribution in [3.63, 3.8) is 0 Å². The Morgan fingerprint density at radius 2 is 2.04 bits per heavy atom. The van der Waals surface area contributed by atoms with E-state index in [1.54, 1.807) is 12.4 Å². The van der Waals surface area contributed by atoms with Gasteiger partial charge in [-0.05, 0) is 50.7 Å². The molecule has 0 radical (unpaired) electrons. The highest BCUT2D eigenvalue weighted by Crippen LogP contribution is 2.36. The zero-order valence-corrected chi connectivity index (χ0v) is 17.0. The number of likely N-dealkylation sites (N-methyl/N-ethyl adjacent to an activating group) is 1. The van der Waals surface area contributed by atoms with Gasteiger partial charge >= 0.3 is 0 Å². The average molecular weight is 378 g/mol. The first-order chi connectivity index (χ1) is 13.6. The maximum atomic E-state index is 13.2. The van der Waals surface area contributed by atoms with Crippen molar-refractivity contribution in [1.82, 2.24) is 15.2 Å². The van der Waals surface area contributed by atoms with Gasteiger partial charge in [0.05, 0.1) is 5.70 Å². The predicted molar refractivity (Wildman–Crippen MR) is 113 cm³/mol. The van der Waals surface area contributed by atoms with E-state index in [9.17, 15) is 4.79 Å². The lowest BCUT2D eigenvalue weighted by molar-refractivity contribution is -0.126. The quantitative estimate of drug-likeness (QED) is 0.567. The van der Waals surface area contributed by atoms with Gasteiger partial charge in [0.2, 0.25) is 5.91 Å². The van der Waals surface area contributed by atoms with E-state index in [1.165, 1.54) is 37.7 Å². The van der Waals surface area contributed by atoms with Crippen molar-refractivity contribution in [3.8, 4) is 12.3 Å². The van der Waals surface area contributed by atoms with Crippen LogP contribution in [0.1, 0.15) is 63.5 Å². The van der Waals surface area contributed by atoms with E-state index in [-0.39, 0.29) is 11.9 Å². The van der Waals surface area contributed by atoms with E-state index in [0.717, 1.165) is 18.4 Å². The van der Waals surface area contributed by atoms with Crippen LogP contribution >= 0.6 is 0 Å². The van der Waals surface area contributed by atoms with E-state index >= 15 is 0 Å². The summed E-state index contributed by atoms with van der Waals surface area (Å²) in [6.07, 6.45) is 21.6. The third kappa shape index (κ3) is 5.25. The van der Waals surface area contributed by atoms with Crippen LogP contribution in [-0.2, 0) is 4.79 Å². The fourth-order valence-electron chi connectivity index (χ4n) is 3.91. The molecule has 1 atom stereocenters. The van der Waals surface area contributed by atoms with Gasteiger partial charge in [-0.15, -0.1) is 6.42 Å². The first-order valence-corrected chi connectivity index (χ1v) is 10.4. The SMILES string of the molecule is C#C/C(=C\C=C(/C)C1CC1)N(C)C(C(=O)NC1CCCCC1)c1cccnc1. The highest BCUT2D eigenvalue weighted by Gasteiger charge is 2.29. The summed E-state index contributed by atoms with van der Waals surface area (Å²) in [5, 5.41) is 3.25. The van der Waals surface area contributed by atoms with Gasteiger partial charge in [-0.25, -0.2) is 0 Å². The number of carbonyl (C=O) groups is 1. The highest BCUT2D eigenvalue weighted by atomic mass is 16.2. The average Bonchev–Trinajstić information content (AvgIpc) is 3.55. The third-order valence-electron chi connectivity index (χ3n) is 5.84. The molecular weight excluding hydrogens is 346 g/mol. The van der Waals surface area contributed by atoms with Gasteiger partial charge < -0.3 is 10.2 Å². The predicted octanol–water partition coefficient (Wildman–Crippen LogP) is 4.38. The molecule has 28 heavy (non-hydrogen) atoms. The van der Waals surface area contributed by atoms with Crippen LogP contribution in [0.2, 0.25) is 0 Å². The third-order valence-corrected chi connectivity index (χ3v) is 5.84. The Kier molecular flexibility index (Phi) is 6.92. The largest absolute Gasteiger partial charge is 0.352 e. The van der Waals surface area contributed by atoms with E-state index in [4.69, 9.17) is 6.42 Å². The summed E-state index contributed by atoms with van der Waals surface area (Å²) in [5.74, 6) is 3.46. The highest BCUT2D eigenvalue weighted by molar-refractivity contribution is 5.83. The maximum absolute atomic E-state index is 13.2. The van der Waals surface area contributed by atoms with Gasteiger partial charge in [0.15, 0.2) is 0 Å². The van der Waals surface area contributed by atoms with Crippen LogP contribution < -0.4 is 5.32 Å². The lowest BCUT2D eigenvalue weighted by Gasteiger charge is -2.31. The van der Waals surface area contributed by atoms with Crippen LogP contribution in [0.5, 0.6) is 0 Å². The molecule has 1 aromatic heterocycles. The Morgan fingerprint density at radius 3 is 2.64 bits per heavy atom. The fourth-order valence-corrected chi connectivity index (χ4v) is 3.91. The number of allylic oxidation sites excluding steroid dienone is 4. The lowest BCUT2D eigenvalue weighted by atomic mass is 9.95. The molecule has 1 unspecified atom stereocenters. The van der Waals surface area contributed by atoms with E-state index < -0.39 is 6.04 Å². The molecule has 2 aliphatic carbocycles. The molecule has 4 nitrogen and oxygen atoms in total. The van der Waals surface area contributed by atoms with Gasteiger partial charge in [0.25, 0.3) is 0 Å². The topological polar surface area (TPSA) is 45.2 Å². The van der Waals surface area contributed by atoms with Crippen LogP contribution in [0.4, 0.5) is 0 Å². The maximum Gasteiger partial charge on any atom is 0.247 e. The minimum Gasteiger partial charge on any atom is -0.352 e. The number of aromatic nitrogens is 1. The van der Waals surface area contributed by atoms with Crippen molar-refractivity contribution in [2.75, 3.05) is 7.05 Å². The van der Waals surface area contributed by atoms with Crippen molar-refractivity contribution < 1.29 is 4.79 Å². The summed E-state index contributed by atoms with van der Waals surface area (Å²) in [6, 6.07) is 3.56. The molecule has 148 valence electrons. The Morgan fingerprint density at radius 1 is 1.29 bits per heavy atom. The molecule has 0 aromatic carbocycles. The van der Waals surface area contributed by atoms with E-state index in [1.807, 2.05) is 30.2 Å². The smallest absolute Gasteiger partial charge is 0.247 e. The summed E-state index contributed by atoms with van der Waals surface area (Å²) in [4.78, 5) is 19.4. The number of pyridine rings is 1. The van der Waals surface area contributed by atoms with Crippen molar-refractivity contribution in [2.45, 2.75) is 64.0 Å². The second kappa shape index (κ2) is 9.59. The first-order valence-electron chi connectivity index (χ1n) is 10.4. The summed E-state index contributed by atoms with van der Waals surface area (Å²) in [5.41, 5.74) is 2.90. The van der Waals surface area contributed by atoms with Crippen LogP contribution in [0.25, 0.3) is 0 Å². The monoisotopic (exact) mass is 377 g/mol. The molecule has 3 rings (SSSR count). The zero-order valence-electron chi connectivity index (χ0n) is 17.0. The number of hydrogen-bond donors (Lipinski definition) is 1. The van der Waals surface area contributed by atoms with Gasteiger partial charge in [-0.1, -0.05) is 42.9 Å². The standard InChI is InChI=1S/C24H31N3O/c1-4-22(15-12-18(2)19-13-14-19)27(3)23(20-9-8-16-25-17-20)24(28)26-21-10-6-5-7-11-21/h1,8-9,12,15-17,19,21,23H,5-7,10-11,13-14H2,2-3H3,(H,26,28)/b18-12+,22-15+. The number of hydrogen-bond acceptors (Lipinski definition) is 3. The second-order valence-corrected chi connectivity index (χ2v) is 8.02. The summed E-state index contributed by atoms with van der Waals surface area (Å²) in [6.45, 7) is 2.15. The van der Waals surface area contributed by atoms with Gasteiger partial charge in [0.1, 0.15) is 6.04 Å². The number of nitrogens with one attached hydrogen (secondary N) is 1. The molecule has 1 amide bonds. The van der Waals surface area contributed by atoms with Gasteiger partial charge in [0, 0.05) is 31.0 Å². The van der Waals surface area contributed by atoms with Gasteiger partial charge in [-0.3, -0.25) is 9.78 Å². The van der Waals surface area contributed by atoms with Crippen molar-refractivity contribution in [2.24, 2.45) is 5.92 Å². The Balaban J connectivity index is 1.82. The molecule has 2 saturated carbocycles. The van der Waals surface area contributed by atoms with Gasteiger partial charge in [-0.2, -0.15) is 0 Å². The first kappa shape index (κ1) is 20.2. The minimum absolute atomic E-state index is 0.00792. The summed E-state index contributed by atoms with van der Waals surface area (Å²) >= 11 is 0. The molecule has 0 spiro atoms. The Bertz CT molecular complexity index is 765. The Labute approximate surface area is 169 Å². The lowest BCUT2D eigenvalue weighted by Crippen LogP contribution is -2.43. The minimum atomic E-state index is -0.493. The van der Waals surface area contributed by atoms with E-state index in [2.05, 4.69) is 29.2 Å². The Hall–Kier alpha value is -2.54. The van der Waals surface area contributed by atoms with Crippen molar-refractivity contribution in [3.05, 3.63) is 53.5 Å². The van der Waals surface area contributed by atoms with Crippen LogP contribution in [0.3, 0.4) is 0 Å². The normalized spacial score (nSPS) is 19.6. The second-order valence-electron chi connectivity index (χ2n) is 8.02. The van der Waals surface area contributed by atoms with Crippen molar-refractivity contribution in [1.29, 1.82) is 0 Å². The van der Waals surface area contributed by atoms with Crippen molar-refractivity contribution >= 4 is 5.91 Å². The molecule has 0 aliphatic heterocycles. The number of rotatable bonds is 7. The number of carbonyl (C=O) groups excluding carboxylic acids is 1. The molecule has 0 saturated heterocycles. The molecule has 4 heteroatoms. The summed E-state index contributed by atoms with van der Waals surface area (Å²) < 4.78 is 0.